The van der Waals surface area contributed by atoms with Crippen LogP contribution in [0.5, 0.6) is 5.75 Å². The van der Waals surface area contributed by atoms with E-state index in [0.717, 1.165) is 55.2 Å². The molecule has 1 saturated heterocycles. The van der Waals surface area contributed by atoms with Gasteiger partial charge >= 0.3 is 5.97 Å². The normalized spacial score (nSPS) is 17.7. The van der Waals surface area contributed by atoms with Crippen LogP contribution in [0.4, 0.5) is 0 Å². The van der Waals surface area contributed by atoms with Gasteiger partial charge in [-0.15, -0.1) is 0 Å². The van der Waals surface area contributed by atoms with Crippen LogP contribution in [-0.4, -0.2) is 49.1 Å². The largest absolute Gasteiger partial charge is 0.494 e. The zero-order valence-electron chi connectivity index (χ0n) is 19.5. The molecule has 1 saturated carbocycles. The highest BCUT2D eigenvalue weighted by Crippen LogP contribution is 2.29. The van der Waals surface area contributed by atoms with Crippen LogP contribution in [0.3, 0.4) is 0 Å². The van der Waals surface area contributed by atoms with Gasteiger partial charge in [-0.05, 0) is 92.6 Å². The Labute approximate surface area is 196 Å². The molecule has 178 valence electrons. The Hall–Kier alpha value is -2.60. The van der Waals surface area contributed by atoms with Gasteiger partial charge in [0.15, 0.2) is 0 Å². The molecule has 0 aromatic heterocycles. The summed E-state index contributed by atoms with van der Waals surface area (Å²) in [5.74, 6) is -0.0333. The molecule has 1 heterocycles. The first-order valence-electron chi connectivity index (χ1n) is 12.5. The van der Waals surface area contributed by atoms with Crippen molar-refractivity contribution in [1.82, 2.24) is 4.90 Å². The van der Waals surface area contributed by atoms with E-state index in [4.69, 9.17) is 15.2 Å². The predicted octanol–water partition coefficient (Wildman–Crippen LogP) is 4.61. The van der Waals surface area contributed by atoms with Gasteiger partial charge in [0.25, 0.3) is 0 Å². The highest BCUT2D eigenvalue weighted by molar-refractivity contribution is 6.01. The monoisotopic (exact) mass is 452 g/mol. The fourth-order valence-electron chi connectivity index (χ4n) is 5.08. The van der Waals surface area contributed by atoms with E-state index in [2.05, 4.69) is 4.90 Å². The number of hydrogen-bond acceptors (Lipinski definition) is 5. The van der Waals surface area contributed by atoms with Gasteiger partial charge in [-0.3, -0.25) is 4.79 Å². The summed E-state index contributed by atoms with van der Waals surface area (Å²) in [4.78, 5) is 27.2. The number of primary amides is 1. The lowest BCUT2D eigenvalue weighted by atomic mass is 9.95. The number of nitrogens with two attached hydrogens (primary N) is 1. The van der Waals surface area contributed by atoms with Crippen LogP contribution >= 0.6 is 0 Å². The van der Waals surface area contributed by atoms with E-state index < -0.39 is 5.91 Å². The van der Waals surface area contributed by atoms with Crippen LogP contribution in [0.1, 0.15) is 73.7 Å². The average Bonchev–Trinajstić information content (AvgIpc) is 2.83. The third-order valence-corrected chi connectivity index (χ3v) is 6.84. The number of ether oxygens (including phenoxy) is 2. The lowest BCUT2D eigenvalue weighted by Crippen LogP contribution is -2.31. The highest BCUT2D eigenvalue weighted by Gasteiger charge is 2.22. The Morgan fingerprint density at radius 1 is 0.970 bits per heavy atom. The minimum Gasteiger partial charge on any atom is -0.494 e. The van der Waals surface area contributed by atoms with Crippen molar-refractivity contribution in [3.8, 4) is 5.75 Å². The molecule has 4 rings (SSSR count). The molecule has 6 nitrogen and oxygen atoms in total. The van der Waals surface area contributed by atoms with Crippen molar-refractivity contribution in [2.45, 2.75) is 70.3 Å². The number of carbonyl (C=O) groups excluding carboxylic acids is 2. The number of benzene rings is 2. The summed E-state index contributed by atoms with van der Waals surface area (Å²) in [6, 6.07) is 9.45. The number of amides is 1. The van der Waals surface area contributed by atoms with Gasteiger partial charge in [-0.25, -0.2) is 4.79 Å². The van der Waals surface area contributed by atoms with Crippen molar-refractivity contribution in [3.63, 3.8) is 0 Å². The molecule has 2 aromatic carbocycles. The van der Waals surface area contributed by atoms with Crippen molar-refractivity contribution in [2.75, 3.05) is 26.2 Å². The maximum Gasteiger partial charge on any atom is 0.338 e. The van der Waals surface area contributed by atoms with Crippen molar-refractivity contribution in [3.05, 3.63) is 41.5 Å². The molecule has 1 aliphatic carbocycles. The lowest BCUT2D eigenvalue weighted by Gasteiger charge is -2.26. The van der Waals surface area contributed by atoms with Gasteiger partial charge < -0.3 is 20.1 Å². The second-order valence-electron chi connectivity index (χ2n) is 9.39. The molecule has 0 spiro atoms. The first-order chi connectivity index (χ1) is 16.1. The molecule has 6 heteroatoms. The predicted molar refractivity (Wildman–Crippen MR) is 130 cm³/mol. The molecule has 0 bridgehead atoms. The molecule has 33 heavy (non-hydrogen) atoms. The Morgan fingerprint density at radius 2 is 1.73 bits per heavy atom. The summed E-state index contributed by atoms with van der Waals surface area (Å²) in [7, 11) is 0. The number of rotatable bonds is 9. The summed E-state index contributed by atoms with van der Waals surface area (Å²) < 4.78 is 11.8. The number of esters is 1. The molecule has 2 aliphatic rings. The maximum atomic E-state index is 12.9. The first-order valence-corrected chi connectivity index (χ1v) is 12.5. The number of carbonyl (C=O) groups is 2. The van der Waals surface area contributed by atoms with Gasteiger partial charge in [0, 0.05) is 6.54 Å². The molecule has 0 atom stereocenters. The number of fused-ring (bicyclic) bond motifs is 1. The Kier molecular flexibility index (Phi) is 8.21. The number of hydrogen-bond donors (Lipinski definition) is 1. The second kappa shape index (κ2) is 11.5. The smallest absolute Gasteiger partial charge is 0.338 e. The maximum absolute atomic E-state index is 12.9. The Morgan fingerprint density at radius 3 is 2.48 bits per heavy atom. The molecule has 1 amide bonds. The molecular weight excluding hydrogens is 416 g/mol. The van der Waals surface area contributed by atoms with E-state index >= 15 is 0 Å². The zero-order chi connectivity index (χ0) is 23.0. The summed E-state index contributed by atoms with van der Waals surface area (Å²) in [5.41, 5.74) is 6.59. The van der Waals surface area contributed by atoms with E-state index in [1.165, 1.54) is 38.8 Å². The quantitative estimate of drug-likeness (QED) is 0.444. The van der Waals surface area contributed by atoms with Gasteiger partial charge in [0.2, 0.25) is 5.91 Å². The molecule has 2 fully saturated rings. The van der Waals surface area contributed by atoms with Crippen molar-refractivity contribution in [1.29, 1.82) is 0 Å². The third-order valence-electron chi connectivity index (χ3n) is 6.84. The van der Waals surface area contributed by atoms with Crippen molar-refractivity contribution in [2.24, 2.45) is 5.73 Å². The van der Waals surface area contributed by atoms with Crippen LogP contribution in [0.15, 0.2) is 30.3 Å². The summed E-state index contributed by atoms with van der Waals surface area (Å²) in [6.07, 6.45) is 10.1. The van der Waals surface area contributed by atoms with E-state index in [0.29, 0.717) is 17.7 Å². The first kappa shape index (κ1) is 23.6. The second-order valence-corrected chi connectivity index (χ2v) is 9.39. The van der Waals surface area contributed by atoms with Crippen molar-refractivity contribution < 1.29 is 19.1 Å². The van der Waals surface area contributed by atoms with Crippen LogP contribution in [-0.2, 0) is 16.0 Å². The van der Waals surface area contributed by atoms with Crippen molar-refractivity contribution >= 4 is 22.6 Å². The van der Waals surface area contributed by atoms with Gasteiger partial charge in [-0.2, -0.15) is 0 Å². The highest BCUT2D eigenvalue weighted by atomic mass is 16.5. The minimum absolute atomic E-state index is 0.00246. The van der Waals surface area contributed by atoms with Crippen LogP contribution in [0.25, 0.3) is 10.8 Å². The Balaban J connectivity index is 1.44. The van der Waals surface area contributed by atoms with E-state index in [-0.39, 0.29) is 18.5 Å². The van der Waals surface area contributed by atoms with E-state index in [1.54, 1.807) is 6.07 Å². The molecule has 2 aromatic rings. The van der Waals surface area contributed by atoms with Gasteiger partial charge in [-0.1, -0.05) is 25.0 Å². The summed E-state index contributed by atoms with van der Waals surface area (Å²) >= 11 is 0. The summed E-state index contributed by atoms with van der Waals surface area (Å²) in [5, 5.41) is 1.77. The zero-order valence-corrected chi connectivity index (χ0v) is 19.5. The molecular formula is C27H36N2O4. The molecule has 1 aliphatic heterocycles. The number of likely N-dealkylation sites (tertiary alicyclic amines) is 1. The minimum atomic E-state index is -0.466. The number of piperidine rings is 1. The fourth-order valence-corrected chi connectivity index (χ4v) is 5.08. The fraction of sp³-hybridized carbons (Fsp3) is 0.556. The Bertz CT molecular complexity index is 962. The molecule has 0 unspecified atom stereocenters. The van der Waals surface area contributed by atoms with Gasteiger partial charge in [0.1, 0.15) is 11.9 Å². The lowest BCUT2D eigenvalue weighted by molar-refractivity contribution is -0.117. The SMILES string of the molecule is NC(=O)Cc1c(C(=O)OC2CCCCC2)ccc2cc(OCCCN3CCCCC3)ccc12. The van der Waals surface area contributed by atoms with Gasteiger partial charge in [0.05, 0.1) is 18.6 Å². The molecule has 2 N–H and O–H groups in total. The van der Waals surface area contributed by atoms with Crippen LogP contribution in [0.2, 0.25) is 0 Å². The molecule has 0 radical (unpaired) electrons. The van der Waals surface area contributed by atoms with E-state index in [1.807, 2.05) is 24.3 Å². The summed E-state index contributed by atoms with van der Waals surface area (Å²) in [6.45, 7) is 4.14. The van der Waals surface area contributed by atoms with Crippen LogP contribution < -0.4 is 10.5 Å². The van der Waals surface area contributed by atoms with E-state index in [9.17, 15) is 9.59 Å². The number of nitrogens with zero attached hydrogens (tertiary/aromatic N) is 1. The third kappa shape index (κ3) is 6.47. The average molecular weight is 453 g/mol. The van der Waals surface area contributed by atoms with Crippen LogP contribution in [0, 0.1) is 0 Å². The topological polar surface area (TPSA) is 81.9 Å². The standard InChI is InChI=1S/C27H36N2O4/c28-26(30)19-25-23-13-11-22(32-17-7-16-29-14-5-2-6-15-29)18-20(23)10-12-24(25)27(31)33-21-8-3-1-4-9-21/h10-13,18,21H,1-9,14-17,19H2,(H2,28,30).